The van der Waals surface area contributed by atoms with Crippen LogP contribution in [0, 0.1) is 0 Å². The molecule has 0 amide bonds. The highest BCUT2D eigenvalue weighted by Crippen LogP contribution is 2.08. The zero-order valence-electron chi connectivity index (χ0n) is 7.94. The van der Waals surface area contributed by atoms with Gasteiger partial charge >= 0.3 is 0 Å². The first-order valence-corrected chi connectivity index (χ1v) is 4.85. The molecule has 0 spiro atoms. The first-order chi connectivity index (χ1) is 6.88. The molecule has 2 rings (SSSR count). The second kappa shape index (κ2) is 4.20. The quantitative estimate of drug-likeness (QED) is 0.565. The Bertz CT molecular complexity index is 343. The van der Waals surface area contributed by atoms with Crippen molar-refractivity contribution in [2.75, 3.05) is 6.54 Å². The van der Waals surface area contributed by atoms with E-state index in [1.165, 1.54) is 0 Å². The molecule has 2 heteroatoms. The fourth-order valence-electron chi connectivity index (χ4n) is 1.61. The number of Topliss-reactive ketones (excluding diaryl/α,β-unsaturated/α-hetero) is 1. The van der Waals surface area contributed by atoms with Crippen LogP contribution in [0.25, 0.3) is 0 Å². The standard InChI is InChI=1S/C12H13NO/c14-12(10-6-2-1-3-7-10)11-8-4-5-9-13-11/h1-7,11,13H,8-9H2. The largest absolute Gasteiger partial charge is 0.303 e. The average Bonchev–Trinajstić information content (AvgIpc) is 2.30. The van der Waals surface area contributed by atoms with Gasteiger partial charge in [0.05, 0.1) is 6.04 Å². The summed E-state index contributed by atoms with van der Waals surface area (Å²) in [6.07, 6.45) is 4.91. The van der Waals surface area contributed by atoms with Crippen molar-refractivity contribution in [3.63, 3.8) is 0 Å². The SMILES string of the molecule is O=C(c1ccccc1)C1CC=CCN1. The van der Waals surface area contributed by atoms with Crippen LogP contribution in [0.1, 0.15) is 16.8 Å². The van der Waals surface area contributed by atoms with E-state index >= 15 is 0 Å². The molecule has 2 nitrogen and oxygen atoms in total. The molecule has 0 saturated heterocycles. The molecule has 0 bridgehead atoms. The molecule has 1 N–H and O–H groups in total. The fourth-order valence-corrected chi connectivity index (χ4v) is 1.61. The number of nitrogens with one attached hydrogen (secondary N) is 1. The van der Waals surface area contributed by atoms with E-state index in [0.717, 1.165) is 18.5 Å². The van der Waals surface area contributed by atoms with Crippen molar-refractivity contribution < 1.29 is 4.79 Å². The molecule has 0 aromatic heterocycles. The molecule has 1 aliphatic heterocycles. The van der Waals surface area contributed by atoms with Crippen molar-refractivity contribution in [3.05, 3.63) is 48.0 Å². The van der Waals surface area contributed by atoms with E-state index in [0.29, 0.717) is 0 Å². The molecule has 0 aliphatic carbocycles. The average molecular weight is 187 g/mol. The van der Waals surface area contributed by atoms with E-state index in [-0.39, 0.29) is 11.8 Å². The van der Waals surface area contributed by atoms with Crippen LogP contribution in [-0.4, -0.2) is 18.4 Å². The zero-order chi connectivity index (χ0) is 9.80. The third-order valence-corrected chi connectivity index (χ3v) is 2.40. The predicted molar refractivity (Wildman–Crippen MR) is 56.3 cm³/mol. The Morgan fingerprint density at radius 1 is 1.21 bits per heavy atom. The Morgan fingerprint density at radius 3 is 2.64 bits per heavy atom. The minimum atomic E-state index is -0.0394. The number of rotatable bonds is 2. The van der Waals surface area contributed by atoms with Gasteiger partial charge in [0.25, 0.3) is 0 Å². The van der Waals surface area contributed by atoms with Gasteiger partial charge in [0.1, 0.15) is 0 Å². The molecule has 1 aromatic carbocycles. The van der Waals surface area contributed by atoms with Gasteiger partial charge in [-0.2, -0.15) is 0 Å². The monoisotopic (exact) mass is 187 g/mol. The van der Waals surface area contributed by atoms with Crippen molar-refractivity contribution >= 4 is 5.78 Å². The minimum Gasteiger partial charge on any atom is -0.303 e. The highest BCUT2D eigenvalue weighted by molar-refractivity contribution is 6.00. The van der Waals surface area contributed by atoms with Gasteiger partial charge in [0, 0.05) is 12.1 Å². The van der Waals surface area contributed by atoms with Gasteiger partial charge in [-0.15, -0.1) is 0 Å². The van der Waals surface area contributed by atoms with Crippen LogP contribution in [0.2, 0.25) is 0 Å². The Kier molecular flexibility index (Phi) is 2.75. The highest BCUT2D eigenvalue weighted by Gasteiger charge is 2.18. The number of benzene rings is 1. The van der Waals surface area contributed by atoms with Gasteiger partial charge in [0.15, 0.2) is 5.78 Å². The first kappa shape index (κ1) is 9.16. The Labute approximate surface area is 83.6 Å². The lowest BCUT2D eigenvalue weighted by Crippen LogP contribution is -2.38. The maximum absolute atomic E-state index is 11.9. The Balaban J connectivity index is 2.12. The van der Waals surface area contributed by atoms with E-state index in [9.17, 15) is 4.79 Å². The number of carbonyl (C=O) groups excluding carboxylic acids is 1. The molecule has 72 valence electrons. The number of carbonyl (C=O) groups is 1. The second-order valence-electron chi connectivity index (χ2n) is 3.40. The first-order valence-electron chi connectivity index (χ1n) is 4.85. The molecule has 1 aliphatic rings. The summed E-state index contributed by atoms with van der Waals surface area (Å²) in [5.41, 5.74) is 0.792. The van der Waals surface area contributed by atoms with Crippen molar-refractivity contribution in [2.45, 2.75) is 12.5 Å². The van der Waals surface area contributed by atoms with Gasteiger partial charge < -0.3 is 5.32 Å². The van der Waals surface area contributed by atoms with Crippen molar-refractivity contribution in [2.24, 2.45) is 0 Å². The lowest BCUT2D eigenvalue weighted by molar-refractivity contribution is 0.0944. The molecule has 0 fully saturated rings. The number of ketones is 1. The molecule has 1 atom stereocenters. The van der Waals surface area contributed by atoms with Gasteiger partial charge in [-0.25, -0.2) is 0 Å². The third kappa shape index (κ3) is 1.91. The van der Waals surface area contributed by atoms with E-state index in [4.69, 9.17) is 0 Å². The van der Waals surface area contributed by atoms with Crippen LogP contribution >= 0.6 is 0 Å². The molecule has 14 heavy (non-hydrogen) atoms. The maximum Gasteiger partial charge on any atom is 0.180 e. The van der Waals surface area contributed by atoms with E-state index in [1.54, 1.807) is 0 Å². The van der Waals surface area contributed by atoms with E-state index in [1.807, 2.05) is 30.3 Å². The fraction of sp³-hybridized carbons (Fsp3) is 0.250. The van der Waals surface area contributed by atoms with Crippen molar-refractivity contribution in [1.29, 1.82) is 0 Å². The normalized spacial score (nSPS) is 20.7. The Morgan fingerprint density at radius 2 is 2.00 bits per heavy atom. The number of hydrogen-bond acceptors (Lipinski definition) is 2. The Hall–Kier alpha value is -1.41. The van der Waals surface area contributed by atoms with E-state index < -0.39 is 0 Å². The van der Waals surface area contributed by atoms with Gasteiger partial charge in [-0.05, 0) is 6.42 Å². The van der Waals surface area contributed by atoms with Crippen LogP contribution < -0.4 is 5.32 Å². The topological polar surface area (TPSA) is 29.1 Å². The summed E-state index contributed by atoms with van der Waals surface area (Å²) in [5.74, 6) is 0.190. The van der Waals surface area contributed by atoms with Crippen LogP contribution in [0.15, 0.2) is 42.5 Å². The van der Waals surface area contributed by atoms with Gasteiger partial charge in [0.2, 0.25) is 0 Å². The number of hydrogen-bond donors (Lipinski definition) is 1. The second-order valence-corrected chi connectivity index (χ2v) is 3.40. The summed E-state index contributed by atoms with van der Waals surface area (Å²) in [4.78, 5) is 11.9. The third-order valence-electron chi connectivity index (χ3n) is 2.40. The molecule has 1 heterocycles. The summed E-state index contributed by atoms with van der Waals surface area (Å²) in [6, 6.07) is 9.40. The van der Waals surface area contributed by atoms with Crippen LogP contribution in [0.4, 0.5) is 0 Å². The maximum atomic E-state index is 11.9. The lowest BCUT2D eigenvalue weighted by Gasteiger charge is -2.18. The molecule has 1 unspecified atom stereocenters. The van der Waals surface area contributed by atoms with Crippen LogP contribution in [0.5, 0.6) is 0 Å². The van der Waals surface area contributed by atoms with Crippen molar-refractivity contribution in [3.8, 4) is 0 Å². The summed E-state index contributed by atoms with van der Waals surface area (Å²) >= 11 is 0. The lowest BCUT2D eigenvalue weighted by atomic mass is 10.00. The zero-order valence-corrected chi connectivity index (χ0v) is 7.94. The van der Waals surface area contributed by atoms with Crippen LogP contribution in [0.3, 0.4) is 0 Å². The predicted octanol–water partition coefficient (Wildman–Crippen LogP) is 1.79. The summed E-state index contributed by atoms with van der Waals surface area (Å²) in [6.45, 7) is 0.795. The van der Waals surface area contributed by atoms with Crippen molar-refractivity contribution in [1.82, 2.24) is 5.32 Å². The molecular formula is C12H13NO. The summed E-state index contributed by atoms with van der Waals surface area (Å²) < 4.78 is 0. The van der Waals surface area contributed by atoms with Crippen LogP contribution in [-0.2, 0) is 0 Å². The molecular weight excluding hydrogens is 174 g/mol. The summed E-state index contributed by atoms with van der Waals surface area (Å²) in [7, 11) is 0. The van der Waals surface area contributed by atoms with Gasteiger partial charge in [-0.3, -0.25) is 4.79 Å². The van der Waals surface area contributed by atoms with E-state index in [2.05, 4.69) is 17.5 Å². The minimum absolute atomic E-state index is 0.0394. The summed E-state index contributed by atoms with van der Waals surface area (Å²) in [5, 5.41) is 3.18. The molecule has 0 radical (unpaired) electrons. The van der Waals surface area contributed by atoms with Gasteiger partial charge in [-0.1, -0.05) is 42.5 Å². The highest BCUT2D eigenvalue weighted by atomic mass is 16.1. The molecule has 0 saturated carbocycles. The smallest absolute Gasteiger partial charge is 0.180 e. The molecule has 1 aromatic rings.